The van der Waals surface area contributed by atoms with Crippen molar-refractivity contribution in [3.63, 3.8) is 0 Å². The molecule has 122 valence electrons. The fourth-order valence-corrected chi connectivity index (χ4v) is 2.90. The summed E-state index contributed by atoms with van der Waals surface area (Å²) in [5.74, 6) is 1.60. The van der Waals surface area contributed by atoms with Gasteiger partial charge in [-0.25, -0.2) is 9.97 Å². The summed E-state index contributed by atoms with van der Waals surface area (Å²) in [7, 11) is 0. The molecule has 1 aliphatic rings. The van der Waals surface area contributed by atoms with Crippen LogP contribution in [-0.2, 0) is 6.54 Å². The molecular weight excluding hydrogens is 314 g/mol. The average molecular weight is 334 g/mol. The fraction of sp³-hybridized carbons (Fsp3) is 0.438. The van der Waals surface area contributed by atoms with E-state index in [9.17, 15) is 5.11 Å². The van der Waals surface area contributed by atoms with Crippen LogP contribution in [0.3, 0.4) is 0 Å². The van der Waals surface area contributed by atoms with E-state index >= 15 is 0 Å². The molecule has 0 bridgehead atoms. The minimum absolute atomic E-state index is 0.143. The van der Waals surface area contributed by atoms with Crippen LogP contribution in [-0.4, -0.2) is 39.3 Å². The monoisotopic (exact) mass is 333 g/mol. The van der Waals surface area contributed by atoms with Crippen molar-refractivity contribution in [2.75, 3.05) is 23.4 Å². The van der Waals surface area contributed by atoms with Crippen molar-refractivity contribution >= 4 is 23.2 Å². The van der Waals surface area contributed by atoms with Crippen LogP contribution in [0, 0.1) is 0 Å². The first-order valence-electron chi connectivity index (χ1n) is 7.80. The molecule has 0 amide bonds. The number of aliphatic hydroxyl groups is 1. The van der Waals surface area contributed by atoms with E-state index in [2.05, 4.69) is 25.2 Å². The molecular formula is C16H20ClN5O. The molecule has 1 unspecified atom stereocenters. The SMILES string of the molecule is OCC1CCCCN1c1cc(NCc2ccc(Cl)cn2)ncn1. The number of nitrogens with one attached hydrogen (secondary N) is 1. The number of aliphatic hydroxyl groups excluding tert-OH is 1. The van der Waals surface area contributed by atoms with E-state index in [0.717, 1.165) is 43.1 Å². The number of hydrogen-bond acceptors (Lipinski definition) is 6. The predicted molar refractivity (Wildman–Crippen MR) is 90.7 cm³/mol. The zero-order chi connectivity index (χ0) is 16.1. The zero-order valence-electron chi connectivity index (χ0n) is 12.8. The minimum Gasteiger partial charge on any atom is -0.394 e. The number of rotatable bonds is 5. The Morgan fingerprint density at radius 2 is 2.17 bits per heavy atom. The molecule has 0 radical (unpaired) electrons. The van der Waals surface area contributed by atoms with Crippen molar-refractivity contribution in [3.05, 3.63) is 41.4 Å². The molecule has 3 heterocycles. The highest BCUT2D eigenvalue weighted by Gasteiger charge is 2.23. The summed E-state index contributed by atoms with van der Waals surface area (Å²) in [6, 6.07) is 5.76. The van der Waals surface area contributed by atoms with Crippen LogP contribution < -0.4 is 10.2 Å². The van der Waals surface area contributed by atoms with Gasteiger partial charge in [0.05, 0.1) is 29.9 Å². The Morgan fingerprint density at radius 1 is 1.26 bits per heavy atom. The topological polar surface area (TPSA) is 74.2 Å². The Labute approximate surface area is 140 Å². The summed E-state index contributed by atoms with van der Waals surface area (Å²) < 4.78 is 0. The molecule has 1 atom stereocenters. The number of nitrogens with zero attached hydrogens (tertiary/aromatic N) is 4. The maximum atomic E-state index is 9.55. The second kappa shape index (κ2) is 7.57. The molecule has 2 aromatic heterocycles. The van der Waals surface area contributed by atoms with Gasteiger partial charge in [0.1, 0.15) is 18.0 Å². The van der Waals surface area contributed by atoms with Gasteiger partial charge in [0.25, 0.3) is 0 Å². The highest BCUT2D eigenvalue weighted by atomic mass is 35.5. The number of anilines is 2. The standard InChI is InChI=1S/C16H20ClN5O/c17-12-4-5-13(18-8-12)9-19-15-7-16(21-11-20-15)22-6-2-1-3-14(22)10-23/h4-5,7-8,11,14,23H,1-3,6,9-10H2,(H,19,20,21). The van der Waals surface area contributed by atoms with Crippen molar-refractivity contribution in [1.29, 1.82) is 0 Å². The largest absolute Gasteiger partial charge is 0.394 e. The lowest BCUT2D eigenvalue weighted by molar-refractivity contribution is 0.239. The quantitative estimate of drug-likeness (QED) is 0.875. The third-order valence-electron chi connectivity index (χ3n) is 4.02. The zero-order valence-corrected chi connectivity index (χ0v) is 13.6. The van der Waals surface area contributed by atoms with E-state index in [0.29, 0.717) is 11.6 Å². The smallest absolute Gasteiger partial charge is 0.134 e. The average Bonchev–Trinajstić information content (AvgIpc) is 2.61. The minimum atomic E-state index is 0.143. The molecule has 0 aliphatic carbocycles. The van der Waals surface area contributed by atoms with E-state index in [1.165, 1.54) is 0 Å². The first-order chi connectivity index (χ1) is 11.3. The maximum absolute atomic E-state index is 9.55. The van der Waals surface area contributed by atoms with Crippen LogP contribution in [0.2, 0.25) is 5.02 Å². The Kier molecular flexibility index (Phi) is 5.25. The molecule has 6 nitrogen and oxygen atoms in total. The van der Waals surface area contributed by atoms with E-state index in [1.54, 1.807) is 12.5 Å². The van der Waals surface area contributed by atoms with Gasteiger partial charge in [-0.3, -0.25) is 4.98 Å². The number of piperidine rings is 1. The van der Waals surface area contributed by atoms with Gasteiger partial charge >= 0.3 is 0 Å². The molecule has 23 heavy (non-hydrogen) atoms. The third kappa shape index (κ3) is 4.09. The second-order valence-corrected chi connectivity index (χ2v) is 6.04. The molecule has 2 aromatic rings. The Bertz CT molecular complexity index is 637. The molecule has 0 spiro atoms. The van der Waals surface area contributed by atoms with Gasteiger partial charge in [0, 0.05) is 18.8 Å². The lowest BCUT2D eigenvalue weighted by Gasteiger charge is -2.35. The molecule has 0 aromatic carbocycles. The van der Waals surface area contributed by atoms with Crippen molar-refractivity contribution in [2.24, 2.45) is 0 Å². The van der Waals surface area contributed by atoms with Gasteiger partial charge in [0.2, 0.25) is 0 Å². The van der Waals surface area contributed by atoms with Crippen molar-refractivity contribution in [3.8, 4) is 0 Å². The van der Waals surface area contributed by atoms with Gasteiger partial charge in [-0.15, -0.1) is 0 Å². The third-order valence-corrected chi connectivity index (χ3v) is 4.25. The summed E-state index contributed by atoms with van der Waals surface area (Å²) in [6.45, 7) is 1.64. The highest BCUT2D eigenvalue weighted by Crippen LogP contribution is 2.24. The lowest BCUT2D eigenvalue weighted by Crippen LogP contribution is -2.42. The highest BCUT2D eigenvalue weighted by molar-refractivity contribution is 6.30. The van der Waals surface area contributed by atoms with Crippen LogP contribution in [0.25, 0.3) is 0 Å². The van der Waals surface area contributed by atoms with E-state index in [4.69, 9.17) is 11.6 Å². The fourth-order valence-electron chi connectivity index (χ4n) is 2.78. The summed E-state index contributed by atoms with van der Waals surface area (Å²) in [5, 5.41) is 13.4. The molecule has 2 N–H and O–H groups in total. The van der Waals surface area contributed by atoms with Gasteiger partial charge in [-0.05, 0) is 31.4 Å². The van der Waals surface area contributed by atoms with Gasteiger partial charge in [0.15, 0.2) is 0 Å². The van der Waals surface area contributed by atoms with Gasteiger partial charge < -0.3 is 15.3 Å². The summed E-state index contributed by atoms with van der Waals surface area (Å²) in [5.41, 5.74) is 0.890. The van der Waals surface area contributed by atoms with Crippen LogP contribution in [0.1, 0.15) is 25.0 Å². The van der Waals surface area contributed by atoms with Crippen LogP contribution in [0.5, 0.6) is 0 Å². The molecule has 7 heteroatoms. The Hall–Kier alpha value is -1.92. The first-order valence-corrected chi connectivity index (χ1v) is 8.18. The normalized spacial score (nSPS) is 18.0. The van der Waals surface area contributed by atoms with Crippen molar-refractivity contribution < 1.29 is 5.11 Å². The summed E-state index contributed by atoms with van der Waals surface area (Å²) in [6.07, 6.45) is 6.45. The van der Waals surface area contributed by atoms with Gasteiger partial charge in [-0.1, -0.05) is 11.6 Å². The molecule has 1 aliphatic heterocycles. The molecule has 3 rings (SSSR count). The molecule has 1 fully saturated rings. The van der Waals surface area contributed by atoms with E-state index in [-0.39, 0.29) is 12.6 Å². The van der Waals surface area contributed by atoms with Gasteiger partial charge in [-0.2, -0.15) is 0 Å². The lowest BCUT2D eigenvalue weighted by atomic mass is 10.0. The number of aromatic nitrogens is 3. The predicted octanol–water partition coefficient (Wildman–Crippen LogP) is 2.49. The Morgan fingerprint density at radius 3 is 2.96 bits per heavy atom. The van der Waals surface area contributed by atoms with E-state index < -0.39 is 0 Å². The van der Waals surface area contributed by atoms with Crippen molar-refractivity contribution in [2.45, 2.75) is 31.8 Å². The van der Waals surface area contributed by atoms with Crippen molar-refractivity contribution in [1.82, 2.24) is 15.0 Å². The van der Waals surface area contributed by atoms with Crippen LogP contribution >= 0.6 is 11.6 Å². The van der Waals surface area contributed by atoms with Crippen LogP contribution in [0.15, 0.2) is 30.7 Å². The Balaban J connectivity index is 1.68. The molecule has 1 saturated heterocycles. The maximum Gasteiger partial charge on any atom is 0.134 e. The second-order valence-electron chi connectivity index (χ2n) is 5.61. The number of hydrogen-bond donors (Lipinski definition) is 2. The molecule has 0 saturated carbocycles. The summed E-state index contributed by atoms with van der Waals surface area (Å²) >= 11 is 5.83. The van der Waals surface area contributed by atoms with Crippen LogP contribution in [0.4, 0.5) is 11.6 Å². The summed E-state index contributed by atoms with van der Waals surface area (Å²) in [4.78, 5) is 15.0. The number of halogens is 1. The number of pyridine rings is 1. The first kappa shape index (κ1) is 16.0. The van der Waals surface area contributed by atoms with E-state index in [1.807, 2.05) is 18.2 Å².